The van der Waals surface area contributed by atoms with Crippen molar-refractivity contribution in [1.29, 1.82) is 0 Å². The van der Waals surface area contributed by atoms with E-state index < -0.39 is 0 Å². The molecule has 0 aliphatic heterocycles. The molecule has 0 amide bonds. The van der Waals surface area contributed by atoms with Crippen molar-refractivity contribution in [1.82, 2.24) is 0 Å². The molecule has 0 radical (unpaired) electrons. The molecule has 1 aromatic carbocycles. The topological polar surface area (TPSA) is 26.3 Å². The predicted octanol–water partition coefficient (Wildman–Crippen LogP) is 4.22. The van der Waals surface area contributed by atoms with Crippen LogP contribution in [0.3, 0.4) is 0 Å². The molecule has 94 valence electrons. The van der Waals surface area contributed by atoms with Crippen molar-refractivity contribution < 1.29 is 13.9 Å². The van der Waals surface area contributed by atoms with Crippen molar-refractivity contribution in [3.8, 4) is 5.75 Å². The van der Waals surface area contributed by atoms with E-state index >= 15 is 0 Å². The molecule has 0 aliphatic rings. The lowest BCUT2D eigenvalue weighted by atomic mass is 10.3. The van der Waals surface area contributed by atoms with Crippen LogP contribution in [-0.2, 0) is 0 Å². The highest BCUT2D eigenvalue weighted by molar-refractivity contribution is 9.10. The number of benzene rings is 1. The van der Waals surface area contributed by atoms with Crippen LogP contribution in [0.25, 0.3) is 0 Å². The Kier molecular flexibility index (Phi) is 4.14. The lowest BCUT2D eigenvalue weighted by molar-refractivity contribution is 0.0925. The van der Waals surface area contributed by atoms with Crippen LogP contribution in [0.2, 0.25) is 0 Å². The van der Waals surface area contributed by atoms with Crippen LogP contribution in [-0.4, -0.2) is 12.4 Å². The molecular weight excluding hydrogens is 319 g/mol. The molecule has 1 aromatic heterocycles. The minimum Gasteiger partial charge on any atom is -0.484 e. The SMILES string of the molecule is Cc1ccc(C(=O)COc2ccc(F)cc2Br)s1. The third-order valence-corrected chi connectivity index (χ3v) is 3.93. The molecule has 0 atom stereocenters. The lowest BCUT2D eigenvalue weighted by Gasteiger charge is -2.06. The van der Waals surface area contributed by atoms with Crippen LogP contribution in [0.4, 0.5) is 4.39 Å². The average molecular weight is 329 g/mol. The zero-order chi connectivity index (χ0) is 13.1. The summed E-state index contributed by atoms with van der Waals surface area (Å²) >= 11 is 4.62. The van der Waals surface area contributed by atoms with Crippen LogP contribution in [0.5, 0.6) is 5.75 Å². The quantitative estimate of drug-likeness (QED) is 0.785. The zero-order valence-electron chi connectivity index (χ0n) is 9.57. The van der Waals surface area contributed by atoms with Crippen LogP contribution >= 0.6 is 27.3 Å². The van der Waals surface area contributed by atoms with Crippen molar-refractivity contribution in [2.75, 3.05) is 6.61 Å². The second-order valence-electron chi connectivity index (χ2n) is 3.70. The summed E-state index contributed by atoms with van der Waals surface area (Å²) in [5.41, 5.74) is 0. The molecule has 2 nitrogen and oxygen atoms in total. The van der Waals surface area contributed by atoms with Gasteiger partial charge in [0.1, 0.15) is 11.6 Å². The molecule has 0 saturated carbocycles. The second kappa shape index (κ2) is 5.63. The number of hydrogen-bond acceptors (Lipinski definition) is 3. The lowest BCUT2D eigenvalue weighted by Crippen LogP contribution is -2.10. The number of ketones is 1. The summed E-state index contributed by atoms with van der Waals surface area (Å²) in [6.07, 6.45) is 0. The fraction of sp³-hybridized carbons (Fsp3) is 0.154. The number of rotatable bonds is 4. The molecule has 5 heteroatoms. The predicted molar refractivity (Wildman–Crippen MR) is 73.0 cm³/mol. The van der Waals surface area contributed by atoms with Gasteiger partial charge in [0, 0.05) is 4.88 Å². The Labute approximate surface area is 117 Å². The van der Waals surface area contributed by atoms with E-state index in [-0.39, 0.29) is 18.2 Å². The van der Waals surface area contributed by atoms with Gasteiger partial charge in [-0.15, -0.1) is 11.3 Å². The molecule has 1 heterocycles. The van der Waals surface area contributed by atoms with Crippen molar-refractivity contribution in [2.45, 2.75) is 6.92 Å². The fourth-order valence-corrected chi connectivity index (χ4v) is 2.65. The van der Waals surface area contributed by atoms with E-state index in [1.54, 1.807) is 6.07 Å². The number of hydrogen-bond donors (Lipinski definition) is 0. The van der Waals surface area contributed by atoms with Crippen LogP contribution in [0, 0.1) is 12.7 Å². The van der Waals surface area contributed by atoms with Gasteiger partial charge in [0.15, 0.2) is 6.61 Å². The second-order valence-corrected chi connectivity index (χ2v) is 5.84. The van der Waals surface area contributed by atoms with E-state index in [0.29, 0.717) is 15.1 Å². The summed E-state index contributed by atoms with van der Waals surface area (Å²) in [5.74, 6) is 0.0248. The first-order chi connectivity index (χ1) is 8.56. The van der Waals surface area contributed by atoms with Crippen LogP contribution in [0.15, 0.2) is 34.8 Å². The maximum atomic E-state index is 12.9. The van der Waals surface area contributed by atoms with Crippen LogP contribution < -0.4 is 4.74 Å². The summed E-state index contributed by atoms with van der Waals surface area (Å²) in [4.78, 5) is 13.6. The molecule has 0 N–H and O–H groups in total. The first kappa shape index (κ1) is 13.2. The number of aryl methyl sites for hydroxylation is 1. The van der Waals surface area contributed by atoms with Crippen molar-refractivity contribution >= 4 is 33.0 Å². The highest BCUT2D eigenvalue weighted by Crippen LogP contribution is 2.25. The summed E-state index contributed by atoms with van der Waals surface area (Å²) in [6, 6.07) is 7.76. The Bertz CT molecular complexity index is 580. The molecule has 18 heavy (non-hydrogen) atoms. The molecule has 0 unspecified atom stereocenters. The van der Waals surface area contributed by atoms with E-state index in [1.165, 1.54) is 29.5 Å². The maximum Gasteiger partial charge on any atom is 0.210 e. The van der Waals surface area contributed by atoms with Gasteiger partial charge in [-0.1, -0.05) is 0 Å². The number of halogens is 2. The highest BCUT2D eigenvalue weighted by Gasteiger charge is 2.10. The number of carbonyl (C=O) groups excluding carboxylic acids is 1. The normalized spacial score (nSPS) is 10.4. The molecule has 0 aliphatic carbocycles. The standard InChI is InChI=1S/C13H10BrFO2S/c1-8-2-5-13(18-8)11(16)7-17-12-4-3-9(15)6-10(12)14/h2-6H,7H2,1H3. The Hall–Kier alpha value is -1.20. The van der Waals surface area contributed by atoms with Gasteiger partial charge >= 0.3 is 0 Å². The molecule has 2 aromatic rings. The smallest absolute Gasteiger partial charge is 0.210 e. The Morgan fingerprint density at radius 2 is 2.17 bits per heavy atom. The summed E-state index contributed by atoms with van der Waals surface area (Å²) in [6.45, 7) is 1.89. The van der Waals surface area contributed by atoms with E-state index in [1.807, 2.05) is 13.0 Å². The molecule has 0 fully saturated rings. The molecular formula is C13H10BrFO2S. The van der Waals surface area contributed by atoms with Crippen molar-refractivity contribution in [3.05, 3.63) is 50.4 Å². The summed E-state index contributed by atoms with van der Waals surface area (Å²) in [5, 5.41) is 0. The van der Waals surface area contributed by atoms with Gasteiger partial charge in [-0.3, -0.25) is 4.79 Å². The zero-order valence-corrected chi connectivity index (χ0v) is 12.0. The van der Waals surface area contributed by atoms with Gasteiger partial charge in [0.05, 0.1) is 9.35 Å². The number of thiophene rings is 1. The Morgan fingerprint density at radius 3 is 2.78 bits per heavy atom. The largest absolute Gasteiger partial charge is 0.484 e. The van der Waals surface area contributed by atoms with Gasteiger partial charge in [-0.05, 0) is 53.2 Å². The van der Waals surface area contributed by atoms with E-state index in [9.17, 15) is 9.18 Å². The van der Waals surface area contributed by atoms with Gasteiger partial charge in [0.2, 0.25) is 5.78 Å². The molecule has 2 rings (SSSR count). The van der Waals surface area contributed by atoms with Gasteiger partial charge in [-0.25, -0.2) is 4.39 Å². The average Bonchev–Trinajstić information content (AvgIpc) is 2.74. The van der Waals surface area contributed by atoms with E-state index in [0.717, 1.165) is 4.88 Å². The van der Waals surface area contributed by atoms with E-state index in [2.05, 4.69) is 15.9 Å². The number of ether oxygens (including phenoxy) is 1. The maximum absolute atomic E-state index is 12.9. The van der Waals surface area contributed by atoms with Gasteiger partial charge < -0.3 is 4.74 Å². The molecule has 0 spiro atoms. The van der Waals surface area contributed by atoms with Crippen molar-refractivity contribution in [3.63, 3.8) is 0 Å². The third kappa shape index (κ3) is 3.17. The first-order valence-electron chi connectivity index (χ1n) is 5.24. The first-order valence-corrected chi connectivity index (χ1v) is 6.84. The minimum absolute atomic E-state index is 0.0514. The molecule has 0 bridgehead atoms. The van der Waals surface area contributed by atoms with Gasteiger partial charge in [-0.2, -0.15) is 0 Å². The number of Topliss-reactive ketones (excluding diaryl/α,β-unsaturated/α-hetero) is 1. The van der Waals surface area contributed by atoms with Crippen LogP contribution in [0.1, 0.15) is 14.5 Å². The Balaban J connectivity index is 2.01. The summed E-state index contributed by atoms with van der Waals surface area (Å²) < 4.78 is 18.7. The highest BCUT2D eigenvalue weighted by atomic mass is 79.9. The molecule has 0 saturated heterocycles. The summed E-state index contributed by atoms with van der Waals surface area (Å²) in [7, 11) is 0. The number of carbonyl (C=O) groups is 1. The van der Waals surface area contributed by atoms with Crippen molar-refractivity contribution in [2.24, 2.45) is 0 Å². The minimum atomic E-state index is -0.352. The van der Waals surface area contributed by atoms with E-state index in [4.69, 9.17) is 4.74 Å². The monoisotopic (exact) mass is 328 g/mol. The third-order valence-electron chi connectivity index (χ3n) is 2.27. The van der Waals surface area contributed by atoms with Gasteiger partial charge in [0.25, 0.3) is 0 Å². The fourth-order valence-electron chi connectivity index (χ4n) is 1.39. The Morgan fingerprint density at radius 1 is 1.39 bits per heavy atom.